The molecule has 0 atom stereocenters. The van der Waals surface area contributed by atoms with Crippen molar-refractivity contribution in [1.82, 2.24) is 5.32 Å². The zero-order valence-electron chi connectivity index (χ0n) is 19.2. The minimum Gasteiger partial charge on any atom is -0.492 e. The fraction of sp³-hybridized carbons (Fsp3) is 0.269. The Morgan fingerprint density at radius 1 is 0.939 bits per heavy atom. The molecule has 174 valence electrons. The van der Waals surface area contributed by atoms with E-state index in [1.54, 1.807) is 31.2 Å². The molecule has 0 aliphatic rings. The van der Waals surface area contributed by atoms with E-state index in [1.807, 2.05) is 43.3 Å². The second-order valence-electron chi connectivity index (χ2n) is 7.95. The molecule has 2 N–H and O–H groups in total. The lowest BCUT2D eigenvalue weighted by Gasteiger charge is -2.13. The van der Waals surface area contributed by atoms with Crippen LogP contribution in [-0.2, 0) is 16.4 Å². The van der Waals surface area contributed by atoms with Gasteiger partial charge < -0.3 is 10.1 Å². The van der Waals surface area contributed by atoms with Crippen molar-refractivity contribution in [3.05, 3.63) is 89.0 Å². The van der Waals surface area contributed by atoms with Gasteiger partial charge in [0.05, 0.1) is 11.4 Å². The number of ether oxygens (including phenoxy) is 1. The Hall–Kier alpha value is -3.32. The van der Waals surface area contributed by atoms with Crippen molar-refractivity contribution in [2.24, 2.45) is 0 Å². The molecule has 0 heterocycles. The summed E-state index contributed by atoms with van der Waals surface area (Å²) in [5, 5.41) is 2.78. The van der Waals surface area contributed by atoms with E-state index in [-0.39, 0.29) is 16.4 Å². The lowest BCUT2D eigenvalue weighted by atomic mass is 10.1. The molecule has 0 spiro atoms. The first kappa shape index (κ1) is 24.3. The molecule has 3 aromatic rings. The lowest BCUT2D eigenvalue weighted by molar-refractivity contribution is 0.0946. The quantitative estimate of drug-likeness (QED) is 0.418. The number of aryl methyl sites for hydroxylation is 3. The van der Waals surface area contributed by atoms with Gasteiger partial charge in [-0.15, -0.1) is 0 Å². The number of benzene rings is 3. The second kappa shape index (κ2) is 11.0. The molecule has 0 unspecified atom stereocenters. The first-order valence-electron chi connectivity index (χ1n) is 11.0. The van der Waals surface area contributed by atoms with Gasteiger partial charge in [0.15, 0.2) is 0 Å². The molecular formula is C26H30N2O4S. The molecule has 0 fully saturated rings. The number of nitrogens with one attached hydrogen (secondary N) is 2. The molecule has 0 aliphatic carbocycles. The molecule has 3 rings (SSSR count). The van der Waals surface area contributed by atoms with Crippen molar-refractivity contribution in [2.45, 2.75) is 38.5 Å². The third kappa shape index (κ3) is 6.83. The van der Waals surface area contributed by atoms with Gasteiger partial charge in [-0.05, 0) is 67.8 Å². The fourth-order valence-corrected chi connectivity index (χ4v) is 4.67. The minimum absolute atomic E-state index is 0.0687. The predicted octanol–water partition coefficient (Wildman–Crippen LogP) is 4.87. The summed E-state index contributed by atoms with van der Waals surface area (Å²) in [5.74, 6) is 0.388. The first-order chi connectivity index (χ1) is 15.8. The molecule has 0 aromatic heterocycles. The highest BCUT2D eigenvalue weighted by atomic mass is 32.2. The number of hydrogen-bond acceptors (Lipinski definition) is 4. The summed E-state index contributed by atoms with van der Waals surface area (Å²) in [6.07, 6.45) is 2.13. The van der Waals surface area contributed by atoms with Gasteiger partial charge in [0, 0.05) is 11.3 Å². The Morgan fingerprint density at radius 3 is 2.30 bits per heavy atom. The Kier molecular flexibility index (Phi) is 8.11. The average Bonchev–Trinajstić information content (AvgIpc) is 2.79. The van der Waals surface area contributed by atoms with Crippen LogP contribution in [0.25, 0.3) is 0 Å². The van der Waals surface area contributed by atoms with Crippen LogP contribution in [0.4, 0.5) is 5.69 Å². The first-order valence-corrected chi connectivity index (χ1v) is 12.5. The van der Waals surface area contributed by atoms with Crippen molar-refractivity contribution in [2.75, 3.05) is 17.9 Å². The highest BCUT2D eigenvalue weighted by molar-refractivity contribution is 7.92. The van der Waals surface area contributed by atoms with Crippen molar-refractivity contribution < 1.29 is 17.9 Å². The van der Waals surface area contributed by atoms with Crippen LogP contribution in [0.2, 0.25) is 0 Å². The van der Waals surface area contributed by atoms with Gasteiger partial charge in [0.2, 0.25) is 0 Å². The molecular weight excluding hydrogens is 436 g/mol. The van der Waals surface area contributed by atoms with E-state index >= 15 is 0 Å². The van der Waals surface area contributed by atoms with Crippen molar-refractivity contribution >= 4 is 21.6 Å². The molecule has 0 bridgehead atoms. The van der Waals surface area contributed by atoms with Gasteiger partial charge in [-0.2, -0.15) is 0 Å². The van der Waals surface area contributed by atoms with Crippen LogP contribution in [0, 0.1) is 13.8 Å². The van der Waals surface area contributed by atoms with Crippen LogP contribution in [0.3, 0.4) is 0 Å². The van der Waals surface area contributed by atoms with E-state index in [2.05, 4.69) is 17.0 Å². The van der Waals surface area contributed by atoms with Gasteiger partial charge >= 0.3 is 0 Å². The van der Waals surface area contributed by atoms with Gasteiger partial charge in [-0.1, -0.05) is 49.2 Å². The number of hydrogen-bond donors (Lipinski definition) is 2. The topological polar surface area (TPSA) is 84.5 Å². The summed E-state index contributed by atoms with van der Waals surface area (Å²) >= 11 is 0. The average molecular weight is 467 g/mol. The monoisotopic (exact) mass is 466 g/mol. The molecule has 1 amide bonds. The van der Waals surface area contributed by atoms with E-state index in [1.165, 1.54) is 11.6 Å². The van der Waals surface area contributed by atoms with Gasteiger partial charge in [0.1, 0.15) is 12.4 Å². The van der Waals surface area contributed by atoms with Crippen LogP contribution in [0.1, 0.15) is 40.4 Å². The van der Waals surface area contributed by atoms with Crippen LogP contribution in [0.15, 0.2) is 71.6 Å². The van der Waals surface area contributed by atoms with Crippen molar-refractivity contribution in [3.8, 4) is 5.75 Å². The maximum Gasteiger partial charge on any atom is 0.262 e. The van der Waals surface area contributed by atoms with Gasteiger partial charge in [-0.25, -0.2) is 8.42 Å². The fourth-order valence-electron chi connectivity index (χ4n) is 3.34. The summed E-state index contributed by atoms with van der Waals surface area (Å²) in [5.41, 5.74) is 3.59. The largest absolute Gasteiger partial charge is 0.492 e. The molecule has 0 saturated carbocycles. The van der Waals surface area contributed by atoms with E-state index in [0.29, 0.717) is 24.4 Å². The van der Waals surface area contributed by atoms with E-state index in [9.17, 15) is 13.2 Å². The summed E-state index contributed by atoms with van der Waals surface area (Å²) in [4.78, 5) is 12.6. The predicted molar refractivity (Wildman–Crippen MR) is 131 cm³/mol. The molecule has 7 heteroatoms. The number of carbonyl (C=O) groups is 1. The third-order valence-corrected chi connectivity index (χ3v) is 6.69. The summed E-state index contributed by atoms with van der Waals surface area (Å²) < 4.78 is 34.1. The standard InChI is InChI=1S/C26H30N2O4S/c1-4-5-21-9-14-24(15-10-21)32-17-16-27-26(29)22-11-8-20(3)25(18-22)33(30,31)28-23-12-6-19(2)7-13-23/h6-15,18,28H,4-5,16-17H2,1-3H3,(H,27,29). The van der Waals surface area contributed by atoms with Gasteiger partial charge in [-0.3, -0.25) is 9.52 Å². The zero-order chi connectivity index (χ0) is 23.8. The van der Waals surface area contributed by atoms with Crippen molar-refractivity contribution in [1.29, 1.82) is 0 Å². The lowest BCUT2D eigenvalue weighted by Crippen LogP contribution is -2.28. The van der Waals surface area contributed by atoms with E-state index in [4.69, 9.17) is 4.74 Å². The minimum atomic E-state index is -3.84. The smallest absolute Gasteiger partial charge is 0.262 e. The van der Waals surface area contributed by atoms with Crippen molar-refractivity contribution in [3.63, 3.8) is 0 Å². The highest BCUT2D eigenvalue weighted by Crippen LogP contribution is 2.21. The molecule has 0 aliphatic heterocycles. The number of carbonyl (C=O) groups excluding carboxylic acids is 1. The summed E-state index contributed by atoms with van der Waals surface area (Å²) in [6, 6.07) is 19.6. The SMILES string of the molecule is CCCc1ccc(OCCNC(=O)c2ccc(C)c(S(=O)(=O)Nc3ccc(C)cc3)c2)cc1. The second-order valence-corrected chi connectivity index (χ2v) is 9.60. The molecule has 0 saturated heterocycles. The summed E-state index contributed by atoms with van der Waals surface area (Å²) in [7, 11) is -3.84. The molecule has 0 radical (unpaired) electrons. The maximum absolute atomic E-state index is 12.9. The number of sulfonamides is 1. The Morgan fingerprint density at radius 2 is 1.64 bits per heavy atom. The van der Waals surface area contributed by atoms with E-state index < -0.39 is 10.0 Å². The van der Waals surface area contributed by atoms with Crippen LogP contribution >= 0.6 is 0 Å². The third-order valence-electron chi connectivity index (χ3n) is 5.16. The number of amides is 1. The van der Waals surface area contributed by atoms with Crippen LogP contribution < -0.4 is 14.8 Å². The summed E-state index contributed by atoms with van der Waals surface area (Å²) in [6.45, 7) is 6.38. The maximum atomic E-state index is 12.9. The Balaban J connectivity index is 1.59. The Labute approximate surface area is 196 Å². The molecule has 3 aromatic carbocycles. The van der Waals surface area contributed by atoms with Gasteiger partial charge in [0.25, 0.3) is 15.9 Å². The molecule has 6 nitrogen and oxygen atoms in total. The molecule has 33 heavy (non-hydrogen) atoms. The number of rotatable bonds is 10. The Bertz CT molecular complexity index is 1190. The highest BCUT2D eigenvalue weighted by Gasteiger charge is 2.19. The van der Waals surface area contributed by atoms with E-state index in [0.717, 1.165) is 24.2 Å². The normalized spacial score (nSPS) is 11.1. The van der Waals surface area contributed by atoms with Crippen LogP contribution in [0.5, 0.6) is 5.75 Å². The van der Waals surface area contributed by atoms with Crippen LogP contribution in [-0.4, -0.2) is 27.5 Å². The zero-order valence-corrected chi connectivity index (χ0v) is 20.0. The number of anilines is 1.